The second-order valence-electron chi connectivity index (χ2n) is 7.74. The number of hydrogen-bond acceptors (Lipinski definition) is 4. The first-order valence-corrected chi connectivity index (χ1v) is 9.99. The molecule has 1 aromatic heterocycles. The lowest BCUT2D eigenvalue weighted by atomic mass is 9.96. The van der Waals surface area contributed by atoms with Gasteiger partial charge in [-0.25, -0.2) is 4.98 Å². The smallest absolute Gasteiger partial charge is 0.221 e. The molecule has 2 rings (SSSR count). The molecule has 0 fully saturated rings. The molecule has 1 aromatic carbocycles. The van der Waals surface area contributed by atoms with Crippen LogP contribution >= 0.6 is 11.9 Å². The number of carbonyl (C=O) groups is 1. The third-order valence-corrected chi connectivity index (χ3v) is 5.28. The number of fused-ring (bicyclic) bond motifs is 1. The fraction of sp³-hybridized carbons (Fsp3) is 0.364. The van der Waals surface area contributed by atoms with Crippen molar-refractivity contribution >= 4 is 34.6 Å². The summed E-state index contributed by atoms with van der Waals surface area (Å²) in [4.78, 5) is 17.0. The van der Waals surface area contributed by atoms with Crippen molar-refractivity contribution in [2.75, 3.05) is 11.4 Å². The van der Waals surface area contributed by atoms with Crippen LogP contribution < -0.4 is 9.62 Å². The average Bonchev–Trinajstić information content (AvgIpc) is 2.94. The van der Waals surface area contributed by atoms with E-state index >= 15 is 0 Å². The predicted molar refractivity (Wildman–Crippen MR) is 121 cm³/mol. The lowest BCUT2D eigenvalue weighted by Gasteiger charge is -2.18. The molecule has 0 aliphatic rings. The van der Waals surface area contributed by atoms with E-state index in [-0.39, 0.29) is 11.3 Å². The van der Waals surface area contributed by atoms with Crippen LogP contribution in [-0.4, -0.2) is 22.5 Å². The van der Waals surface area contributed by atoms with Gasteiger partial charge in [0.1, 0.15) is 5.82 Å². The van der Waals surface area contributed by atoms with Crippen molar-refractivity contribution in [2.24, 2.45) is 7.05 Å². The molecular formula is C22H30N4OS. The van der Waals surface area contributed by atoms with Crippen molar-refractivity contribution in [1.29, 1.82) is 0 Å². The van der Waals surface area contributed by atoms with Crippen molar-refractivity contribution in [3.8, 4) is 0 Å². The summed E-state index contributed by atoms with van der Waals surface area (Å²) in [5, 5.41) is 2.67. The first-order valence-electron chi connectivity index (χ1n) is 9.22. The number of benzene rings is 1. The van der Waals surface area contributed by atoms with Gasteiger partial charge in [0.25, 0.3) is 0 Å². The lowest BCUT2D eigenvalue weighted by Crippen LogP contribution is -2.17. The number of nitrogens with one attached hydrogen (secondary N) is 1. The van der Waals surface area contributed by atoms with E-state index in [0.717, 1.165) is 27.5 Å². The van der Waals surface area contributed by atoms with Crippen LogP contribution in [0.25, 0.3) is 11.0 Å². The van der Waals surface area contributed by atoms with Crippen molar-refractivity contribution in [3.05, 3.63) is 59.4 Å². The largest absolute Gasteiger partial charge is 0.331 e. The van der Waals surface area contributed by atoms with Gasteiger partial charge in [0.05, 0.1) is 11.0 Å². The van der Waals surface area contributed by atoms with Crippen molar-refractivity contribution < 1.29 is 4.79 Å². The Balaban J connectivity index is 2.20. The quantitative estimate of drug-likeness (QED) is 0.545. The topological polar surface area (TPSA) is 50.2 Å². The molecule has 28 heavy (non-hydrogen) atoms. The Kier molecular flexibility index (Phi) is 6.77. The van der Waals surface area contributed by atoms with Gasteiger partial charge in [-0.3, -0.25) is 4.79 Å². The third kappa shape index (κ3) is 5.29. The number of carbonyl (C=O) groups excluding carboxylic acids is 1. The first-order chi connectivity index (χ1) is 13.0. The van der Waals surface area contributed by atoms with E-state index in [4.69, 9.17) is 4.98 Å². The minimum absolute atomic E-state index is 0.00615. The maximum absolute atomic E-state index is 11.1. The molecule has 0 aliphatic carbocycles. The molecule has 1 heterocycles. The molecule has 6 heteroatoms. The monoisotopic (exact) mass is 398 g/mol. The number of aromatic nitrogens is 2. The molecule has 5 nitrogen and oxygen atoms in total. The van der Waals surface area contributed by atoms with E-state index in [9.17, 15) is 4.79 Å². The number of aryl methyl sites for hydroxylation is 1. The summed E-state index contributed by atoms with van der Waals surface area (Å²) in [6.45, 7) is 13.8. The molecule has 0 saturated heterocycles. The number of rotatable bonds is 6. The fourth-order valence-electron chi connectivity index (χ4n) is 2.90. The molecule has 150 valence electrons. The fourth-order valence-corrected chi connectivity index (χ4v) is 3.67. The summed E-state index contributed by atoms with van der Waals surface area (Å²) in [6.07, 6.45) is 5.77. The van der Waals surface area contributed by atoms with Gasteiger partial charge in [0.15, 0.2) is 0 Å². The Bertz CT molecular complexity index is 947. The second kappa shape index (κ2) is 8.69. The Labute approximate surface area is 172 Å². The number of amides is 1. The normalized spacial score (nSPS) is 12.6. The lowest BCUT2D eigenvalue weighted by molar-refractivity contribution is -0.118. The predicted octanol–water partition coefficient (Wildman–Crippen LogP) is 5.07. The second-order valence-corrected chi connectivity index (χ2v) is 8.94. The van der Waals surface area contributed by atoms with Gasteiger partial charge in [-0.15, -0.1) is 0 Å². The van der Waals surface area contributed by atoms with Crippen molar-refractivity contribution in [1.82, 2.24) is 14.9 Å². The standard InChI is InChI=1S/C22H30N4OS/c1-9-18(12-10-15(2)23-16(3)27)28-26(8)17-11-13-20-19(14-17)24-21(25(20)7)22(4,5)6/h9-14H,2H2,1,3-8H3,(H,23,27)/b12-10-,18-9+. The van der Waals surface area contributed by atoms with Crippen molar-refractivity contribution in [2.45, 2.75) is 40.0 Å². The van der Waals surface area contributed by atoms with E-state index in [1.165, 1.54) is 6.92 Å². The van der Waals surface area contributed by atoms with E-state index in [0.29, 0.717) is 5.70 Å². The molecule has 0 spiro atoms. The Morgan fingerprint density at radius 3 is 2.57 bits per heavy atom. The molecule has 2 aromatic rings. The molecule has 0 atom stereocenters. The van der Waals surface area contributed by atoms with E-state index in [1.807, 2.05) is 26.1 Å². The maximum atomic E-state index is 11.1. The summed E-state index contributed by atoms with van der Waals surface area (Å²) in [7, 11) is 4.10. The number of hydrogen-bond donors (Lipinski definition) is 1. The molecular weight excluding hydrogens is 368 g/mol. The Morgan fingerprint density at radius 2 is 2.00 bits per heavy atom. The minimum Gasteiger partial charge on any atom is -0.331 e. The zero-order valence-electron chi connectivity index (χ0n) is 17.8. The molecule has 0 radical (unpaired) electrons. The Morgan fingerprint density at radius 1 is 1.32 bits per heavy atom. The molecule has 0 bridgehead atoms. The van der Waals surface area contributed by atoms with Gasteiger partial charge in [-0.1, -0.05) is 33.4 Å². The highest BCUT2D eigenvalue weighted by atomic mass is 32.2. The highest BCUT2D eigenvalue weighted by molar-refractivity contribution is 8.04. The number of nitrogens with zero attached hydrogens (tertiary/aromatic N) is 3. The first kappa shape index (κ1) is 21.8. The van der Waals surface area contributed by atoms with Crippen molar-refractivity contribution in [3.63, 3.8) is 0 Å². The van der Waals surface area contributed by atoms with Gasteiger partial charge in [-0.05, 0) is 49.2 Å². The van der Waals surface area contributed by atoms with Crippen LogP contribution in [0.5, 0.6) is 0 Å². The number of anilines is 1. The molecule has 0 saturated carbocycles. The summed E-state index contributed by atoms with van der Waals surface area (Å²) in [5.41, 5.74) is 3.76. The highest BCUT2D eigenvalue weighted by Gasteiger charge is 2.21. The SMILES string of the molecule is C=C(/C=C\C(=C/C)SN(C)c1ccc2c(c1)nc(C(C)(C)C)n2C)NC(C)=O. The molecule has 1 N–H and O–H groups in total. The van der Waals surface area contributed by atoms with Gasteiger partial charge < -0.3 is 14.2 Å². The van der Waals surface area contributed by atoms with Gasteiger partial charge in [0.2, 0.25) is 5.91 Å². The summed E-state index contributed by atoms with van der Waals surface area (Å²) >= 11 is 1.60. The molecule has 0 unspecified atom stereocenters. The third-order valence-electron chi connectivity index (χ3n) is 4.21. The number of imidazole rings is 1. The van der Waals surface area contributed by atoms with Crippen LogP contribution in [-0.2, 0) is 17.3 Å². The highest BCUT2D eigenvalue weighted by Crippen LogP contribution is 2.31. The summed E-state index contributed by atoms with van der Waals surface area (Å²) < 4.78 is 4.27. The van der Waals surface area contributed by atoms with Crippen LogP contribution in [0.1, 0.15) is 40.4 Å². The summed E-state index contributed by atoms with van der Waals surface area (Å²) in [5.74, 6) is 0.947. The Hall–Kier alpha value is -2.47. The summed E-state index contributed by atoms with van der Waals surface area (Å²) in [6, 6.07) is 6.34. The molecule has 0 aliphatic heterocycles. The maximum Gasteiger partial charge on any atom is 0.221 e. The van der Waals surface area contributed by atoms with Crippen LogP contribution in [0.15, 0.2) is 53.6 Å². The van der Waals surface area contributed by atoms with Gasteiger partial charge >= 0.3 is 0 Å². The van der Waals surface area contributed by atoms with E-state index in [2.05, 4.69) is 66.8 Å². The zero-order chi connectivity index (χ0) is 21.1. The van der Waals surface area contributed by atoms with E-state index < -0.39 is 0 Å². The van der Waals surface area contributed by atoms with Gasteiger partial charge in [-0.2, -0.15) is 0 Å². The zero-order valence-corrected chi connectivity index (χ0v) is 18.6. The number of allylic oxidation sites excluding steroid dienone is 3. The minimum atomic E-state index is -0.125. The van der Waals surface area contributed by atoms with E-state index in [1.54, 1.807) is 18.0 Å². The van der Waals surface area contributed by atoms with Gasteiger partial charge in [0, 0.05) is 42.7 Å². The van der Waals surface area contributed by atoms with Crippen LogP contribution in [0.4, 0.5) is 5.69 Å². The van der Waals surface area contributed by atoms with Crippen LogP contribution in [0, 0.1) is 0 Å². The van der Waals surface area contributed by atoms with Crippen LogP contribution in [0.3, 0.4) is 0 Å². The van der Waals surface area contributed by atoms with Crippen LogP contribution in [0.2, 0.25) is 0 Å². The average molecular weight is 399 g/mol. The molecule has 1 amide bonds.